The molecule has 6 aromatic carbocycles. The van der Waals surface area contributed by atoms with Gasteiger partial charge in [-0.05, 0) is 84.6 Å². The highest BCUT2D eigenvalue weighted by molar-refractivity contribution is 5.98. The fraction of sp³-hybridized carbons (Fsp3) is 0.0303. The second kappa shape index (κ2) is 7.18. The highest BCUT2D eigenvalue weighted by atomic mass is 14.3. The first-order valence-electron chi connectivity index (χ1n) is 11.6. The van der Waals surface area contributed by atoms with Gasteiger partial charge in [-0.1, -0.05) is 109 Å². The van der Waals surface area contributed by atoms with Gasteiger partial charge in [0.05, 0.1) is 0 Å². The minimum atomic E-state index is 0.981. The molecule has 33 heavy (non-hydrogen) atoms. The molecule has 0 saturated heterocycles. The number of hydrogen-bond acceptors (Lipinski definition) is 0. The van der Waals surface area contributed by atoms with Gasteiger partial charge in [0.25, 0.3) is 0 Å². The van der Waals surface area contributed by atoms with E-state index in [-0.39, 0.29) is 0 Å². The summed E-state index contributed by atoms with van der Waals surface area (Å²) in [6, 6.07) is 44.5. The van der Waals surface area contributed by atoms with Crippen LogP contribution in [0.5, 0.6) is 0 Å². The lowest BCUT2D eigenvalue weighted by molar-refractivity contribution is 1.26. The molecule has 0 bridgehead atoms. The van der Waals surface area contributed by atoms with Crippen LogP contribution < -0.4 is 0 Å². The van der Waals surface area contributed by atoms with Crippen molar-refractivity contribution < 1.29 is 0 Å². The third kappa shape index (κ3) is 2.92. The summed E-state index contributed by atoms with van der Waals surface area (Å²) in [5, 5.41) is 5.13. The maximum Gasteiger partial charge on any atom is -0.000706 e. The summed E-state index contributed by atoms with van der Waals surface area (Å²) >= 11 is 0. The van der Waals surface area contributed by atoms with E-state index in [1.165, 1.54) is 66.1 Å². The Hall–Kier alpha value is -4.16. The maximum atomic E-state index is 2.36. The van der Waals surface area contributed by atoms with Gasteiger partial charge in [0.2, 0.25) is 0 Å². The quantitative estimate of drug-likeness (QED) is 0.263. The summed E-state index contributed by atoms with van der Waals surface area (Å²) in [6.07, 6.45) is 0.981. The van der Waals surface area contributed by atoms with Crippen LogP contribution in [0.15, 0.2) is 121 Å². The molecule has 154 valence electrons. The molecular weight excluding hydrogens is 396 g/mol. The summed E-state index contributed by atoms with van der Waals surface area (Å²) in [6.45, 7) is 0. The topological polar surface area (TPSA) is 0 Å². The van der Waals surface area contributed by atoms with Gasteiger partial charge in [-0.3, -0.25) is 0 Å². The first-order chi connectivity index (χ1) is 16.3. The molecule has 0 amide bonds. The van der Waals surface area contributed by atoms with Crippen molar-refractivity contribution in [3.63, 3.8) is 0 Å². The molecule has 0 nitrogen and oxygen atoms in total. The van der Waals surface area contributed by atoms with Gasteiger partial charge in [0.15, 0.2) is 0 Å². The molecule has 0 heterocycles. The third-order valence-electron chi connectivity index (χ3n) is 7.09. The van der Waals surface area contributed by atoms with Crippen LogP contribution in [0.2, 0.25) is 0 Å². The molecule has 0 unspecified atom stereocenters. The lowest BCUT2D eigenvalue weighted by atomic mass is 9.86. The Morgan fingerprint density at radius 3 is 1.73 bits per heavy atom. The molecule has 0 radical (unpaired) electrons. The van der Waals surface area contributed by atoms with Crippen LogP contribution in [0, 0.1) is 0 Å². The van der Waals surface area contributed by atoms with Crippen LogP contribution in [-0.2, 0) is 6.42 Å². The van der Waals surface area contributed by atoms with Crippen molar-refractivity contribution in [3.05, 3.63) is 132 Å². The van der Waals surface area contributed by atoms with Gasteiger partial charge < -0.3 is 0 Å². The van der Waals surface area contributed by atoms with Crippen molar-refractivity contribution in [1.82, 2.24) is 0 Å². The molecule has 0 saturated carbocycles. The van der Waals surface area contributed by atoms with Crippen LogP contribution >= 0.6 is 0 Å². The minimum Gasteiger partial charge on any atom is -0.0619 e. The summed E-state index contributed by atoms with van der Waals surface area (Å²) in [4.78, 5) is 0. The molecule has 1 aliphatic rings. The lowest BCUT2D eigenvalue weighted by Gasteiger charge is -2.17. The van der Waals surface area contributed by atoms with E-state index in [0.29, 0.717) is 0 Å². The van der Waals surface area contributed by atoms with Crippen LogP contribution in [0.25, 0.3) is 54.9 Å². The molecule has 0 fully saturated rings. The number of hydrogen-bond donors (Lipinski definition) is 0. The van der Waals surface area contributed by atoms with E-state index in [4.69, 9.17) is 0 Å². The van der Waals surface area contributed by atoms with Gasteiger partial charge in [0.1, 0.15) is 0 Å². The van der Waals surface area contributed by atoms with Gasteiger partial charge in [-0.2, -0.15) is 0 Å². The second-order valence-electron chi connectivity index (χ2n) is 8.97. The summed E-state index contributed by atoms with van der Waals surface area (Å²) in [5.41, 5.74) is 10.9. The molecule has 0 atom stereocenters. The highest BCUT2D eigenvalue weighted by Gasteiger charge is 2.24. The molecule has 7 rings (SSSR count). The normalized spacial score (nSPS) is 12.1. The van der Waals surface area contributed by atoms with Crippen molar-refractivity contribution in [3.8, 4) is 33.4 Å². The molecule has 0 N–H and O–H groups in total. The Morgan fingerprint density at radius 1 is 0.394 bits per heavy atom. The van der Waals surface area contributed by atoms with Gasteiger partial charge in [-0.15, -0.1) is 0 Å². The standard InChI is InChI=1S/C33H22/c1-3-9-24-19-27(15-13-22(24)7-1)30-17-18-31-29-12-6-5-11-26(29)21-32(31)33(30)28-16-14-23-8-2-4-10-25(23)20-28/h1-20H,21H2. The summed E-state index contributed by atoms with van der Waals surface area (Å²) in [5.74, 6) is 0. The van der Waals surface area contributed by atoms with Crippen LogP contribution in [0.1, 0.15) is 11.1 Å². The van der Waals surface area contributed by atoms with E-state index >= 15 is 0 Å². The van der Waals surface area contributed by atoms with E-state index in [2.05, 4.69) is 121 Å². The zero-order valence-corrected chi connectivity index (χ0v) is 18.3. The van der Waals surface area contributed by atoms with Crippen LogP contribution in [0.3, 0.4) is 0 Å². The van der Waals surface area contributed by atoms with Crippen molar-refractivity contribution in [1.29, 1.82) is 0 Å². The smallest absolute Gasteiger partial charge is 0.000706 e. The minimum absolute atomic E-state index is 0.981. The molecule has 0 spiro atoms. The van der Waals surface area contributed by atoms with Crippen LogP contribution in [-0.4, -0.2) is 0 Å². The predicted octanol–water partition coefficient (Wildman–Crippen LogP) is 8.90. The molecule has 0 aromatic heterocycles. The zero-order chi connectivity index (χ0) is 21.8. The largest absolute Gasteiger partial charge is 0.0619 e. The average molecular weight is 419 g/mol. The first-order valence-corrected chi connectivity index (χ1v) is 11.6. The monoisotopic (exact) mass is 418 g/mol. The Labute approximate surface area is 193 Å². The van der Waals surface area contributed by atoms with Gasteiger partial charge in [0, 0.05) is 0 Å². The Kier molecular flexibility index (Phi) is 4.01. The maximum absolute atomic E-state index is 2.36. The van der Waals surface area contributed by atoms with Crippen molar-refractivity contribution >= 4 is 21.5 Å². The Bertz CT molecular complexity index is 1690. The first kappa shape index (κ1) is 18.4. The summed E-state index contributed by atoms with van der Waals surface area (Å²) in [7, 11) is 0. The molecule has 1 aliphatic carbocycles. The fourth-order valence-electron chi connectivity index (χ4n) is 5.48. The Morgan fingerprint density at radius 2 is 0.970 bits per heavy atom. The van der Waals surface area contributed by atoms with E-state index < -0.39 is 0 Å². The molecule has 0 aliphatic heterocycles. The number of rotatable bonds is 2. The Balaban J connectivity index is 1.52. The molecule has 6 aromatic rings. The van der Waals surface area contributed by atoms with E-state index in [0.717, 1.165) is 6.42 Å². The summed E-state index contributed by atoms with van der Waals surface area (Å²) < 4.78 is 0. The van der Waals surface area contributed by atoms with Crippen molar-refractivity contribution in [2.75, 3.05) is 0 Å². The molecule has 0 heteroatoms. The predicted molar refractivity (Wildman–Crippen MR) is 141 cm³/mol. The third-order valence-corrected chi connectivity index (χ3v) is 7.09. The van der Waals surface area contributed by atoms with Crippen LogP contribution in [0.4, 0.5) is 0 Å². The number of fused-ring (bicyclic) bond motifs is 5. The van der Waals surface area contributed by atoms with E-state index in [9.17, 15) is 0 Å². The van der Waals surface area contributed by atoms with E-state index in [1.54, 1.807) is 0 Å². The fourth-order valence-corrected chi connectivity index (χ4v) is 5.48. The van der Waals surface area contributed by atoms with Crippen molar-refractivity contribution in [2.24, 2.45) is 0 Å². The van der Waals surface area contributed by atoms with Gasteiger partial charge >= 0.3 is 0 Å². The SMILES string of the molecule is c1ccc2c(c1)Cc1c-2ccc(-c2ccc3ccccc3c2)c1-c1ccc2ccccc2c1. The van der Waals surface area contributed by atoms with Crippen molar-refractivity contribution in [2.45, 2.75) is 6.42 Å². The lowest BCUT2D eigenvalue weighted by Crippen LogP contribution is -1.93. The number of benzene rings is 6. The van der Waals surface area contributed by atoms with Gasteiger partial charge in [-0.25, -0.2) is 0 Å². The molecular formula is C33H22. The highest BCUT2D eigenvalue weighted by Crippen LogP contribution is 2.46. The zero-order valence-electron chi connectivity index (χ0n) is 18.3. The van der Waals surface area contributed by atoms with E-state index in [1.807, 2.05) is 0 Å². The average Bonchev–Trinajstić information content (AvgIpc) is 3.26. The second-order valence-corrected chi connectivity index (χ2v) is 8.97.